The minimum Gasteiger partial charge on any atom is -0.452 e. The smallest absolute Gasteiger partial charge is 0.339 e. The largest absolute Gasteiger partial charge is 0.452 e. The number of hydrogen-bond donors (Lipinski definition) is 1. The molecule has 0 aliphatic heterocycles. The summed E-state index contributed by atoms with van der Waals surface area (Å²) in [6.07, 6.45) is 0. The first kappa shape index (κ1) is 22.1. The van der Waals surface area contributed by atoms with Crippen LogP contribution in [0.3, 0.4) is 0 Å². The Morgan fingerprint density at radius 2 is 1.48 bits per heavy atom. The lowest BCUT2D eigenvalue weighted by atomic mass is 10.00. The molecule has 0 radical (unpaired) electrons. The van der Waals surface area contributed by atoms with Crippen LogP contribution in [-0.2, 0) is 9.53 Å². The van der Waals surface area contributed by atoms with E-state index in [2.05, 4.69) is 5.32 Å². The number of hydrogen-bond acceptors (Lipinski definition) is 4. The van der Waals surface area contributed by atoms with Crippen molar-refractivity contribution in [2.75, 3.05) is 25.0 Å². The van der Waals surface area contributed by atoms with Crippen molar-refractivity contribution in [2.45, 2.75) is 34.6 Å². The van der Waals surface area contributed by atoms with E-state index in [1.54, 1.807) is 29.2 Å². The third-order valence-corrected chi connectivity index (χ3v) is 4.68. The number of rotatable bonds is 7. The van der Waals surface area contributed by atoms with Crippen molar-refractivity contribution in [3.8, 4) is 0 Å². The minimum absolute atomic E-state index is 0.0503. The second kappa shape index (κ2) is 9.87. The highest BCUT2D eigenvalue weighted by atomic mass is 16.5. The lowest BCUT2D eigenvalue weighted by molar-refractivity contribution is -0.119. The molecule has 0 atom stereocenters. The van der Waals surface area contributed by atoms with Gasteiger partial charge >= 0.3 is 5.97 Å². The second-order valence-electron chi connectivity index (χ2n) is 6.95. The third kappa shape index (κ3) is 5.67. The van der Waals surface area contributed by atoms with Gasteiger partial charge in [-0.1, -0.05) is 17.7 Å². The molecule has 0 unspecified atom stereocenters. The molecular weight excluding hydrogens is 368 g/mol. The van der Waals surface area contributed by atoms with Crippen LogP contribution in [-0.4, -0.2) is 42.4 Å². The maximum atomic E-state index is 12.4. The number of ether oxygens (including phenoxy) is 1. The highest BCUT2D eigenvalue weighted by Gasteiger charge is 2.16. The SMILES string of the molecule is CCN(CC)C(=O)c1ccc(NC(=O)COC(=O)c2c(C)cc(C)cc2C)cc1. The zero-order valence-corrected chi connectivity index (χ0v) is 17.7. The Bertz CT molecular complexity index is 877. The molecule has 29 heavy (non-hydrogen) atoms. The number of carbonyl (C=O) groups is 3. The number of nitrogens with zero attached hydrogens (tertiary/aromatic N) is 1. The molecule has 0 spiro atoms. The lowest BCUT2D eigenvalue weighted by Gasteiger charge is -2.18. The minimum atomic E-state index is -0.518. The highest BCUT2D eigenvalue weighted by Crippen LogP contribution is 2.17. The molecular formula is C23H28N2O4. The van der Waals surface area contributed by atoms with E-state index in [4.69, 9.17) is 4.74 Å². The monoisotopic (exact) mass is 396 g/mol. The molecule has 6 nitrogen and oxygen atoms in total. The summed E-state index contributed by atoms with van der Waals surface area (Å²) in [7, 11) is 0. The standard InChI is InChI=1S/C23H28N2O4/c1-6-25(7-2)22(27)18-8-10-19(11-9-18)24-20(26)14-29-23(28)21-16(4)12-15(3)13-17(21)5/h8-13H,6-7,14H2,1-5H3,(H,24,26). The Hall–Kier alpha value is -3.15. The molecule has 0 aliphatic rings. The molecule has 0 aliphatic carbocycles. The number of aryl methyl sites for hydroxylation is 3. The summed E-state index contributed by atoms with van der Waals surface area (Å²) in [6.45, 7) is 10.4. The van der Waals surface area contributed by atoms with Crippen LogP contribution in [0.25, 0.3) is 0 Å². The molecule has 0 fully saturated rings. The van der Waals surface area contributed by atoms with Crippen molar-refractivity contribution < 1.29 is 19.1 Å². The van der Waals surface area contributed by atoms with Crippen LogP contribution >= 0.6 is 0 Å². The Labute approximate surface area is 171 Å². The van der Waals surface area contributed by atoms with Crippen molar-refractivity contribution in [2.24, 2.45) is 0 Å². The fourth-order valence-electron chi connectivity index (χ4n) is 3.29. The zero-order valence-electron chi connectivity index (χ0n) is 17.7. The van der Waals surface area contributed by atoms with Gasteiger partial charge in [0.25, 0.3) is 11.8 Å². The van der Waals surface area contributed by atoms with Gasteiger partial charge in [-0.25, -0.2) is 4.79 Å². The van der Waals surface area contributed by atoms with Crippen molar-refractivity contribution in [3.63, 3.8) is 0 Å². The average Bonchev–Trinajstić information content (AvgIpc) is 2.67. The molecule has 0 bridgehead atoms. The highest BCUT2D eigenvalue weighted by molar-refractivity contribution is 5.98. The Morgan fingerprint density at radius 3 is 2.00 bits per heavy atom. The van der Waals surface area contributed by atoms with Gasteiger partial charge in [0.15, 0.2) is 6.61 Å². The van der Waals surface area contributed by atoms with Gasteiger partial charge < -0.3 is 15.0 Å². The van der Waals surface area contributed by atoms with E-state index in [0.29, 0.717) is 29.9 Å². The van der Waals surface area contributed by atoms with Crippen molar-refractivity contribution >= 4 is 23.5 Å². The van der Waals surface area contributed by atoms with E-state index >= 15 is 0 Å². The molecule has 2 aromatic rings. The van der Waals surface area contributed by atoms with Gasteiger partial charge in [0.05, 0.1) is 5.56 Å². The van der Waals surface area contributed by atoms with Crippen molar-refractivity contribution in [1.82, 2.24) is 4.90 Å². The van der Waals surface area contributed by atoms with Crippen molar-refractivity contribution in [1.29, 1.82) is 0 Å². The van der Waals surface area contributed by atoms with Crippen LogP contribution in [0.15, 0.2) is 36.4 Å². The van der Waals surface area contributed by atoms with Crippen LogP contribution in [0.5, 0.6) is 0 Å². The first-order valence-corrected chi connectivity index (χ1v) is 9.71. The summed E-state index contributed by atoms with van der Waals surface area (Å²) in [6, 6.07) is 10.5. The summed E-state index contributed by atoms with van der Waals surface area (Å²) in [5.41, 5.74) is 4.29. The van der Waals surface area contributed by atoms with Crippen LogP contribution in [0.4, 0.5) is 5.69 Å². The molecule has 2 aromatic carbocycles. The summed E-state index contributed by atoms with van der Waals surface area (Å²) in [4.78, 5) is 38.5. The predicted octanol–water partition coefficient (Wildman–Crippen LogP) is 3.89. The topological polar surface area (TPSA) is 75.7 Å². The number of amides is 2. The van der Waals surface area contributed by atoms with Gasteiger partial charge in [-0.3, -0.25) is 9.59 Å². The first-order valence-electron chi connectivity index (χ1n) is 9.71. The molecule has 0 aromatic heterocycles. The number of nitrogens with one attached hydrogen (secondary N) is 1. The summed E-state index contributed by atoms with van der Waals surface area (Å²) in [5, 5.41) is 2.67. The molecule has 0 saturated heterocycles. The van der Waals surface area contributed by atoms with Gasteiger partial charge in [-0.2, -0.15) is 0 Å². The molecule has 0 saturated carbocycles. The third-order valence-electron chi connectivity index (χ3n) is 4.68. The van der Waals surface area contributed by atoms with E-state index in [1.807, 2.05) is 46.8 Å². The average molecular weight is 396 g/mol. The Morgan fingerprint density at radius 1 is 0.931 bits per heavy atom. The molecule has 0 heterocycles. The summed E-state index contributed by atoms with van der Waals surface area (Å²) >= 11 is 0. The molecule has 154 valence electrons. The normalized spacial score (nSPS) is 10.4. The maximum Gasteiger partial charge on any atom is 0.339 e. The van der Waals surface area contributed by atoms with Gasteiger partial charge in [0.2, 0.25) is 0 Å². The second-order valence-corrected chi connectivity index (χ2v) is 6.95. The van der Waals surface area contributed by atoms with E-state index in [1.165, 1.54) is 0 Å². The van der Waals surface area contributed by atoms with Crippen LogP contribution in [0.2, 0.25) is 0 Å². The summed E-state index contributed by atoms with van der Waals surface area (Å²) in [5.74, 6) is -1.01. The fourth-order valence-corrected chi connectivity index (χ4v) is 3.29. The molecule has 2 rings (SSSR count). The van der Waals surface area contributed by atoms with E-state index in [9.17, 15) is 14.4 Å². The zero-order chi connectivity index (χ0) is 21.6. The number of carbonyl (C=O) groups excluding carboxylic acids is 3. The maximum absolute atomic E-state index is 12.4. The van der Waals surface area contributed by atoms with Gasteiger partial charge in [0, 0.05) is 24.3 Å². The van der Waals surface area contributed by atoms with E-state index in [0.717, 1.165) is 16.7 Å². The Kier molecular flexibility index (Phi) is 7.53. The molecule has 1 N–H and O–H groups in total. The molecule has 6 heteroatoms. The first-order chi connectivity index (χ1) is 13.8. The number of esters is 1. The van der Waals surface area contributed by atoms with Crippen LogP contribution < -0.4 is 5.32 Å². The lowest BCUT2D eigenvalue weighted by Crippen LogP contribution is -2.30. The quantitative estimate of drug-likeness (QED) is 0.721. The van der Waals surface area contributed by atoms with E-state index < -0.39 is 11.9 Å². The fraction of sp³-hybridized carbons (Fsp3) is 0.348. The van der Waals surface area contributed by atoms with Crippen molar-refractivity contribution in [3.05, 3.63) is 64.2 Å². The van der Waals surface area contributed by atoms with Gasteiger partial charge in [-0.15, -0.1) is 0 Å². The summed E-state index contributed by atoms with van der Waals surface area (Å²) < 4.78 is 5.17. The van der Waals surface area contributed by atoms with Gasteiger partial charge in [-0.05, 0) is 70.0 Å². The van der Waals surface area contributed by atoms with Gasteiger partial charge in [0.1, 0.15) is 0 Å². The van der Waals surface area contributed by atoms with Crippen LogP contribution in [0, 0.1) is 20.8 Å². The molecule has 2 amide bonds. The number of benzene rings is 2. The number of anilines is 1. The van der Waals surface area contributed by atoms with E-state index in [-0.39, 0.29) is 12.5 Å². The Balaban J connectivity index is 1.94. The van der Waals surface area contributed by atoms with Crippen LogP contribution in [0.1, 0.15) is 51.3 Å². The predicted molar refractivity (Wildman–Crippen MR) is 113 cm³/mol.